The van der Waals surface area contributed by atoms with E-state index in [9.17, 15) is 47.5 Å². The summed E-state index contributed by atoms with van der Waals surface area (Å²) in [5, 5.41) is 6.89. The number of carbonyl (C=O) groups is 9. The Bertz CT molecular complexity index is 2450. The molecule has 28 heteroatoms. The van der Waals surface area contributed by atoms with Crippen LogP contribution >= 0.6 is 0 Å². The molecule has 0 aromatic heterocycles. The maximum absolute atomic E-state index is 13.7. The van der Waals surface area contributed by atoms with Crippen LogP contribution < -0.4 is 27.4 Å². The molecule has 6 rings (SSSR count). The van der Waals surface area contributed by atoms with E-state index in [2.05, 4.69) is 16.0 Å². The largest absolute Gasteiger partial charge is 0.444 e. The summed E-state index contributed by atoms with van der Waals surface area (Å²) in [6.45, 7) is 16.7. The number of ether oxygens (including phenoxy) is 11. The first kappa shape index (κ1) is 70.2. The second-order valence-corrected chi connectivity index (χ2v) is 19.6. The molecule has 2 fully saturated rings. The van der Waals surface area contributed by atoms with Gasteiger partial charge in [0.15, 0.2) is 0 Å². The van der Waals surface area contributed by atoms with Crippen LogP contribution in [-0.4, -0.2) is 233 Å². The van der Waals surface area contributed by atoms with E-state index in [-0.39, 0.29) is 42.4 Å². The van der Waals surface area contributed by atoms with Gasteiger partial charge < -0.3 is 68.9 Å². The van der Waals surface area contributed by atoms with Crippen LogP contribution in [0.4, 0.5) is 9.18 Å². The zero-order valence-corrected chi connectivity index (χ0v) is 48.2. The summed E-state index contributed by atoms with van der Waals surface area (Å²) < 4.78 is 72.4. The van der Waals surface area contributed by atoms with Crippen LogP contribution in [0.1, 0.15) is 99.9 Å². The van der Waals surface area contributed by atoms with E-state index in [1.54, 1.807) is 12.1 Å². The number of amides is 9. The number of hydrogen-bond donors (Lipinski definition) is 5. The van der Waals surface area contributed by atoms with Crippen molar-refractivity contribution in [2.24, 2.45) is 11.5 Å². The third-order valence-electron chi connectivity index (χ3n) is 12.1. The van der Waals surface area contributed by atoms with E-state index in [1.807, 2.05) is 26.8 Å². The second-order valence-electron chi connectivity index (χ2n) is 19.6. The molecule has 2 aromatic carbocycles. The zero-order valence-electron chi connectivity index (χ0n) is 48.2. The molecule has 2 unspecified atom stereocenters. The second kappa shape index (κ2) is 39.4. The molecular weight excluding hydrogens is 1110 g/mol. The number of carbonyl (C=O) groups excluding carboxylic acids is 9. The van der Waals surface area contributed by atoms with Gasteiger partial charge in [0.2, 0.25) is 23.6 Å². The standard InChI is InChI=1S/C26H37N3O9.C17H36N2O7.C13H9FN2O4/c27-8-10-35-12-14-37-16-18-38-17-15-36-13-11-34-9-2-4-19-3-1-5-20-23(19)26(33)29(25(20)32)21-6-7-22(30)28-24(21)31;1-17(2,3)26-16(20)19-5-7-22-9-11-24-13-15-25-14-12-23-10-8-21-6-4-18;14-7-3-1-2-6-10(7)13(20)16(12(6)19)8-4-5-9(17)15-11(8)18/h1,3,5,21H,2,4,6-18,27H2,(H,28,30,31);4-15,18H2,1-3H3,(H,19,20);1-3,8H,4-5H2,(H,15,17,18). The van der Waals surface area contributed by atoms with Gasteiger partial charge in [-0.2, -0.15) is 0 Å². The molecule has 468 valence electrons. The summed E-state index contributed by atoms with van der Waals surface area (Å²) in [4.78, 5) is 110. The Morgan fingerprint density at radius 1 is 0.524 bits per heavy atom. The minimum atomic E-state index is -1.07. The predicted molar refractivity (Wildman–Crippen MR) is 295 cm³/mol. The first-order valence-electron chi connectivity index (χ1n) is 28.0. The predicted octanol–water partition coefficient (Wildman–Crippen LogP) is 0.842. The number of imide groups is 4. The summed E-state index contributed by atoms with van der Waals surface area (Å²) >= 11 is 0. The highest BCUT2D eigenvalue weighted by Gasteiger charge is 2.47. The van der Waals surface area contributed by atoms with Gasteiger partial charge in [-0.15, -0.1) is 0 Å². The van der Waals surface area contributed by atoms with E-state index in [0.29, 0.717) is 170 Å². The average molecular weight is 1190 g/mol. The van der Waals surface area contributed by atoms with Crippen molar-refractivity contribution in [1.29, 1.82) is 0 Å². The number of aryl methyl sites for hydroxylation is 1. The molecular formula is C56H82FN7O20. The molecule has 0 spiro atoms. The smallest absolute Gasteiger partial charge is 0.407 e. The van der Waals surface area contributed by atoms with Crippen LogP contribution in [0.5, 0.6) is 0 Å². The zero-order chi connectivity index (χ0) is 61.1. The molecule has 7 N–H and O–H groups in total. The van der Waals surface area contributed by atoms with Crippen LogP contribution in [0.2, 0.25) is 0 Å². The number of nitrogens with one attached hydrogen (secondary N) is 3. The van der Waals surface area contributed by atoms with Crippen molar-refractivity contribution in [3.05, 3.63) is 70.0 Å². The number of piperidine rings is 2. The van der Waals surface area contributed by atoms with Crippen molar-refractivity contribution >= 4 is 53.4 Å². The van der Waals surface area contributed by atoms with Gasteiger partial charge in [-0.05, 0) is 70.2 Å². The fourth-order valence-electron chi connectivity index (χ4n) is 8.30. The minimum absolute atomic E-state index is 0.0340. The van der Waals surface area contributed by atoms with Gasteiger partial charge >= 0.3 is 6.09 Å². The molecule has 2 aromatic rings. The van der Waals surface area contributed by atoms with Crippen LogP contribution in [0.3, 0.4) is 0 Å². The van der Waals surface area contributed by atoms with Gasteiger partial charge in [0.25, 0.3) is 23.6 Å². The van der Waals surface area contributed by atoms with Gasteiger partial charge in [0.1, 0.15) is 23.5 Å². The van der Waals surface area contributed by atoms with E-state index in [1.165, 1.54) is 12.1 Å². The number of nitrogens with zero attached hydrogens (tertiary/aromatic N) is 2. The highest BCUT2D eigenvalue weighted by molar-refractivity contribution is 6.24. The fourth-order valence-corrected chi connectivity index (χ4v) is 8.30. The summed E-state index contributed by atoms with van der Waals surface area (Å²) in [6.07, 6.45) is 1.06. The van der Waals surface area contributed by atoms with E-state index in [4.69, 9.17) is 63.6 Å². The summed E-state index contributed by atoms with van der Waals surface area (Å²) in [5.41, 5.74) is 11.1. The Hall–Kier alpha value is -6.28. The minimum Gasteiger partial charge on any atom is -0.444 e. The SMILES string of the molecule is CC(C)(C)OC(=O)NCCOCCOCCOCCOCCOCCN.NCCOCCOCCOCCOCCOCCCc1cccc2c1C(=O)N(C1CCC(=O)NC1=O)C2=O.O=C1CCC(N2C(=O)c3cccc(F)c3C2=O)C(=O)N1. The Kier molecular flexibility index (Phi) is 32.9. The van der Waals surface area contributed by atoms with Crippen LogP contribution in [0, 0.1) is 5.82 Å². The monoisotopic (exact) mass is 1190 g/mol. The van der Waals surface area contributed by atoms with Crippen LogP contribution in [0.15, 0.2) is 36.4 Å². The molecule has 4 heterocycles. The number of fused-ring (bicyclic) bond motifs is 2. The molecule has 0 bridgehead atoms. The molecule has 0 radical (unpaired) electrons. The summed E-state index contributed by atoms with van der Waals surface area (Å²) in [7, 11) is 0. The fraction of sp³-hybridized carbons (Fsp3) is 0.625. The van der Waals surface area contributed by atoms with Crippen molar-refractivity contribution in [1.82, 2.24) is 25.8 Å². The third kappa shape index (κ3) is 24.7. The molecule has 0 saturated carbocycles. The molecule has 4 aliphatic heterocycles. The Balaban J connectivity index is 0.000000286. The normalized spacial score (nSPS) is 16.6. The molecule has 0 aliphatic carbocycles. The van der Waals surface area contributed by atoms with Gasteiger partial charge in [-0.1, -0.05) is 18.2 Å². The van der Waals surface area contributed by atoms with Gasteiger partial charge in [-0.25, -0.2) is 9.18 Å². The average Bonchev–Trinajstić information content (AvgIpc) is 3.38. The summed E-state index contributed by atoms with van der Waals surface area (Å²) in [5.74, 6) is -5.51. The lowest BCUT2D eigenvalue weighted by Crippen LogP contribution is -2.54. The number of rotatable bonds is 37. The Morgan fingerprint density at radius 3 is 1.29 bits per heavy atom. The molecule has 27 nitrogen and oxygen atoms in total. The Labute approximate surface area is 487 Å². The van der Waals surface area contributed by atoms with Crippen molar-refractivity contribution in [2.45, 2.75) is 77.0 Å². The van der Waals surface area contributed by atoms with E-state index in [0.717, 1.165) is 21.4 Å². The van der Waals surface area contributed by atoms with E-state index < -0.39 is 76.9 Å². The maximum atomic E-state index is 13.7. The van der Waals surface area contributed by atoms with Crippen molar-refractivity contribution in [3.63, 3.8) is 0 Å². The van der Waals surface area contributed by atoms with Crippen molar-refractivity contribution < 1.29 is 99.6 Å². The molecule has 84 heavy (non-hydrogen) atoms. The first-order valence-corrected chi connectivity index (χ1v) is 28.0. The van der Waals surface area contributed by atoms with E-state index >= 15 is 0 Å². The lowest BCUT2D eigenvalue weighted by atomic mass is 9.99. The molecule has 2 atom stereocenters. The van der Waals surface area contributed by atoms with Crippen LogP contribution in [-0.2, 0) is 77.7 Å². The topological polar surface area (TPSA) is 350 Å². The highest BCUT2D eigenvalue weighted by atomic mass is 19.1. The number of nitrogens with two attached hydrogens (primary N) is 2. The maximum Gasteiger partial charge on any atom is 0.407 e. The van der Waals surface area contributed by atoms with Crippen molar-refractivity contribution in [2.75, 3.05) is 152 Å². The summed E-state index contributed by atoms with van der Waals surface area (Å²) in [6, 6.07) is 6.84. The Morgan fingerprint density at radius 2 is 0.893 bits per heavy atom. The van der Waals surface area contributed by atoms with Gasteiger partial charge in [0, 0.05) is 39.1 Å². The van der Waals surface area contributed by atoms with Gasteiger partial charge in [-0.3, -0.25) is 58.8 Å². The molecule has 9 amide bonds. The lowest BCUT2D eigenvalue weighted by Gasteiger charge is -2.27. The van der Waals surface area contributed by atoms with Crippen molar-refractivity contribution in [3.8, 4) is 0 Å². The number of benzene rings is 2. The van der Waals surface area contributed by atoms with Crippen LogP contribution in [0.25, 0.3) is 0 Å². The molecule has 4 aliphatic rings. The molecule has 2 saturated heterocycles. The highest BCUT2D eigenvalue weighted by Crippen LogP contribution is 2.31. The first-order chi connectivity index (χ1) is 40.5. The lowest BCUT2D eigenvalue weighted by molar-refractivity contribution is -0.137. The number of halogens is 1. The third-order valence-corrected chi connectivity index (χ3v) is 12.1. The number of alkyl carbamates (subject to hydrolysis) is 1. The van der Waals surface area contributed by atoms with Gasteiger partial charge in [0.05, 0.1) is 148 Å². The number of hydrogen-bond acceptors (Lipinski definition) is 22. The quantitative estimate of drug-likeness (QED) is 0.0462.